The van der Waals surface area contributed by atoms with Crippen molar-refractivity contribution in [2.24, 2.45) is 0 Å². The van der Waals surface area contributed by atoms with E-state index in [1.54, 1.807) is 25.5 Å². The number of aromatic amines is 1. The van der Waals surface area contributed by atoms with Crippen molar-refractivity contribution in [3.8, 4) is 5.75 Å². The van der Waals surface area contributed by atoms with Gasteiger partial charge in [0.1, 0.15) is 17.6 Å². The predicted octanol–water partition coefficient (Wildman–Crippen LogP) is 4.95. The van der Waals surface area contributed by atoms with Crippen LogP contribution in [0.5, 0.6) is 5.75 Å². The minimum Gasteiger partial charge on any atom is -0.497 e. The Hall–Kier alpha value is -3.46. The Morgan fingerprint density at radius 3 is 2.56 bits per heavy atom. The van der Waals surface area contributed by atoms with Gasteiger partial charge in [0.05, 0.1) is 24.1 Å². The number of ether oxygens (including phenoxy) is 1. The highest BCUT2D eigenvalue weighted by Gasteiger charge is 2.23. The minimum atomic E-state index is -0.769. The highest BCUT2D eigenvalue weighted by molar-refractivity contribution is 7.12. The number of Topliss-reactive ketones (excluding diaryl/α,β-unsaturated/α-hetero) is 2. The number of unbranched alkanes of at least 4 members (excludes halogenated alkanes) is 2. The molecule has 2 amide bonds. The number of ketones is 2. The molecule has 1 aromatic carbocycles. The van der Waals surface area contributed by atoms with Crippen LogP contribution in [0.15, 0.2) is 29.6 Å². The molecule has 1 atom stereocenters. The molecular weight excluding hydrogens is 478 g/mol. The third-order valence-electron chi connectivity index (χ3n) is 6.08. The van der Waals surface area contributed by atoms with Crippen LogP contribution in [0, 0.1) is 6.92 Å². The molecule has 2 aromatic heterocycles. The molecule has 0 saturated heterocycles. The third-order valence-corrected chi connectivity index (χ3v) is 7.10. The van der Waals surface area contributed by atoms with Crippen molar-refractivity contribution < 1.29 is 23.9 Å². The van der Waals surface area contributed by atoms with Crippen molar-refractivity contribution in [2.45, 2.75) is 65.3 Å². The normalized spacial score (nSPS) is 11.8. The number of H-pyrrole nitrogens is 1. The molecule has 0 aliphatic rings. The molecule has 0 radical (unpaired) electrons. The van der Waals surface area contributed by atoms with Crippen LogP contribution in [0.3, 0.4) is 0 Å². The number of anilines is 1. The van der Waals surface area contributed by atoms with Gasteiger partial charge >= 0.3 is 0 Å². The standard InChI is InChI=1S/C27H33N3O5S/c1-16(31)8-6-5-7-9-24(27(34)30-23-12-13-36-26(23)18(3)32)29-25(33)15-20-17(2)28-22-11-10-19(35-4)14-21(20)22/h10-14,24,28H,5-9,15H2,1-4H3,(H,29,33)(H,30,34). The molecule has 0 fully saturated rings. The van der Waals surface area contributed by atoms with Crippen LogP contribution in [0.25, 0.3) is 10.9 Å². The van der Waals surface area contributed by atoms with E-state index in [1.165, 1.54) is 18.3 Å². The Kier molecular flexibility index (Phi) is 9.41. The summed E-state index contributed by atoms with van der Waals surface area (Å²) in [6.07, 6.45) is 3.23. The van der Waals surface area contributed by atoms with Gasteiger partial charge in [-0.25, -0.2) is 0 Å². The van der Waals surface area contributed by atoms with Gasteiger partial charge in [0, 0.05) is 29.9 Å². The first-order chi connectivity index (χ1) is 17.2. The van der Waals surface area contributed by atoms with Crippen LogP contribution in [-0.2, 0) is 20.8 Å². The summed E-state index contributed by atoms with van der Waals surface area (Å²) in [4.78, 5) is 53.1. The van der Waals surface area contributed by atoms with E-state index in [4.69, 9.17) is 4.74 Å². The Labute approximate surface area is 214 Å². The molecule has 0 bridgehead atoms. The number of methoxy groups -OCH3 is 1. The lowest BCUT2D eigenvalue weighted by molar-refractivity contribution is -0.126. The zero-order chi connectivity index (χ0) is 26.2. The maximum absolute atomic E-state index is 13.1. The van der Waals surface area contributed by atoms with Crippen LogP contribution < -0.4 is 15.4 Å². The molecule has 0 spiro atoms. The Balaban J connectivity index is 1.73. The quantitative estimate of drug-likeness (QED) is 0.222. The SMILES string of the molecule is COc1ccc2[nH]c(C)c(CC(=O)NC(CCCCCC(C)=O)C(=O)Nc3ccsc3C(C)=O)c2c1. The van der Waals surface area contributed by atoms with E-state index in [0.717, 1.165) is 35.0 Å². The first-order valence-corrected chi connectivity index (χ1v) is 12.9. The van der Waals surface area contributed by atoms with Crippen LogP contribution in [-0.4, -0.2) is 41.5 Å². The number of rotatable bonds is 13. The second kappa shape index (κ2) is 12.5. The van der Waals surface area contributed by atoms with E-state index in [1.807, 2.05) is 25.1 Å². The summed E-state index contributed by atoms with van der Waals surface area (Å²) in [7, 11) is 1.59. The number of aromatic nitrogens is 1. The van der Waals surface area contributed by atoms with Crippen LogP contribution >= 0.6 is 11.3 Å². The predicted molar refractivity (Wildman–Crippen MR) is 142 cm³/mol. The van der Waals surface area contributed by atoms with Crippen molar-refractivity contribution in [2.75, 3.05) is 12.4 Å². The molecule has 3 rings (SSSR count). The van der Waals surface area contributed by atoms with Crippen molar-refractivity contribution >= 4 is 51.3 Å². The fraction of sp³-hybridized carbons (Fsp3) is 0.407. The van der Waals surface area contributed by atoms with Crippen LogP contribution in [0.1, 0.15) is 66.9 Å². The highest BCUT2D eigenvalue weighted by Crippen LogP contribution is 2.27. The summed E-state index contributed by atoms with van der Waals surface area (Å²) >= 11 is 1.26. The first kappa shape index (κ1) is 27.1. The topological polar surface area (TPSA) is 117 Å². The Bertz CT molecular complexity index is 1260. The van der Waals surface area contributed by atoms with Gasteiger partial charge in [-0.05, 0) is 61.9 Å². The number of benzene rings is 1. The number of nitrogens with one attached hydrogen (secondary N) is 3. The van der Waals surface area contributed by atoms with Crippen molar-refractivity contribution in [3.63, 3.8) is 0 Å². The molecule has 8 nitrogen and oxygen atoms in total. The molecule has 0 aliphatic heterocycles. The highest BCUT2D eigenvalue weighted by atomic mass is 32.1. The number of thiophene rings is 1. The van der Waals surface area contributed by atoms with E-state index in [2.05, 4.69) is 15.6 Å². The molecule has 0 saturated carbocycles. The Morgan fingerprint density at radius 1 is 1.08 bits per heavy atom. The molecular formula is C27H33N3O5S. The third kappa shape index (κ3) is 7.04. The summed E-state index contributed by atoms with van der Waals surface area (Å²) < 4.78 is 5.33. The second-order valence-corrected chi connectivity index (χ2v) is 9.86. The van der Waals surface area contributed by atoms with Gasteiger partial charge in [-0.15, -0.1) is 11.3 Å². The Morgan fingerprint density at radius 2 is 1.86 bits per heavy atom. The van der Waals surface area contributed by atoms with Gasteiger partial charge < -0.3 is 25.1 Å². The number of carbonyl (C=O) groups excluding carboxylic acids is 4. The first-order valence-electron chi connectivity index (χ1n) is 12.0. The maximum atomic E-state index is 13.1. The molecule has 2 heterocycles. The number of aryl methyl sites for hydroxylation is 1. The summed E-state index contributed by atoms with van der Waals surface area (Å²) in [5.41, 5.74) is 3.08. The summed E-state index contributed by atoms with van der Waals surface area (Å²) in [5.74, 6) is 0.0619. The van der Waals surface area contributed by atoms with Gasteiger partial charge in [-0.1, -0.05) is 12.8 Å². The fourth-order valence-corrected chi connectivity index (χ4v) is 4.94. The van der Waals surface area contributed by atoms with E-state index in [0.29, 0.717) is 35.6 Å². The largest absolute Gasteiger partial charge is 0.497 e. The van der Waals surface area contributed by atoms with Gasteiger partial charge in [0.2, 0.25) is 11.8 Å². The van der Waals surface area contributed by atoms with E-state index >= 15 is 0 Å². The van der Waals surface area contributed by atoms with Crippen LogP contribution in [0.2, 0.25) is 0 Å². The van der Waals surface area contributed by atoms with E-state index < -0.39 is 6.04 Å². The lowest BCUT2D eigenvalue weighted by atomic mass is 10.0. The monoisotopic (exact) mass is 511 g/mol. The van der Waals surface area contributed by atoms with Gasteiger partial charge in [0.15, 0.2) is 5.78 Å². The molecule has 192 valence electrons. The average Bonchev–Trinajstić information content (AvgIpc) is 3.41. The van der Waals surface area contributed by atoms with Gasteiger partial charge in [-0.2, -0.15) is 0 Å². The lowest BCUT2D eigenvalue weighted by Gasteiger charge is -2.19. The van der Waals surface area contributed by atoms with Crippen molar-refractivity contribution in [3.05, 3.63) is 45.8 Å². The molecule has 9 heteroatoms. The summed E-state index contributed by atoms with van der Waals surface area (Å²) in [5, 5.41) is 8.35. The summed E-state index contributed by atoms with van der Waals surface area (Å²) in [6, 6.07) is 6.57. The van der Waals surface area contributed by atoms with Crippen LogP contribution in [0.4, 0.5) is 5.69 Å². The van der Waals surface area contributed by atoms with Crippen molar-refractivity contribution in [1.82, 2.24) is 10.3 Å². The average molecular weight is 512 g/mol. The molecule has 3 N–H and O–H groups in total. The minimum absolute atomic E-state index is 0.101. The zero-order valence-corrected chi connectivity index (χ0v) is 22.0. The second-order valence-electron chi connectivity index (χ2n) is 8.95. The number of amides is 2. The van der Waals surface area contributed by atoms with Gasteiger partial charge in [0.25, 0.3) is 0 Å². The molecule has 3 aromatic rings. The number of hydrogen-bond acceptors (Lipinski definition) is 6. The number of fused-ring (bicyclic) bond motifs is 1. The zero-order valence-electron chi connectivity index (χ0n) is 21.2. The van der Waals surface area contributed by atoms with Crippen molar-refractivity contribution in [1.29, 1.82) is 0 Å². The van der Waals surface area contributed by atoms with Gasteiger partial charge in [-0.3, -0.25) is 14.4 Å². The molecule has 0 aliphatic carbocycles. The smallest absolute Gasteiger partial charge is 0.246 e. The number of carbonyl (C=O) groups is 4. The summed E-state index contributed by atoms with van der Waals surface area (Å²) in [6.45, 7) is 4.93. The number of hydrogen-bond donors (Lipinski definition) is 3. The van der Waals surface area contributed by atoms with E-state index in [-0.39, 0.29) is 29.8 Å². The fourth-order valence-electron chi connectivity index (χ4n) is 4.19. The maximum Gasteiger partial charge on any atom is 0.246 e. The van der Waals surface area contributed by atoms with E-state index in [9.17, 15) is 19.2 Å². The molecule has 1 unspecified atom stereocenters. The molecule has 36 heavy (non-hydrogen) atoms. The lowest BCUT2D eigenvalue weighted by Crippen LogP contribution is -2.44.